The third kappa shape index (κ3) is 8.53. The van der Waals surface area contributed by atoms with E-state index in [0.29, 0.717) is 0 Å². The molecular weight excluding hydrogens is 168 g/mol. The SMILES string of the molecule is N.N.O=C(O)CCC(=O)C(=O)O. The molecule has 8 N–H and O–H groups in total. The van der Waals surface area contributed by atoms with Crippen LogP contribution in [0.2, 0.25) is 0 Å². The second kappa shape index (κ2) is 7.63. The summed E-state index contributed by atoms with van der Waals surface area (Å²) in [6.45, 7) is 0. The third-order valence-corrected chi connectivity index (χ3v) is 0.804. The molecule has 0 aliphatic carbocycles. The van der Waals surface area contributed by atoms with E-state index in [9.17, 15) is 14.4 Å². The van der Waals surface area contributed by atoms with Crippen LogP contribution in [0.5, 0.6) is 0 Å². The van der Waals surface area contributed by atoms with Gasteiger partial charge in [-0.1, -0.05) is 0 Å². The molecule has 0 radical (unpaired) electrons. The standard InChI is InChI=1S/C5H6O5.2H3N/c6-3(5(9)10)1-2-4(7)8;;/h1-2H2,(H,7,8)(H,9,10);2*1H3. The van der Waals surface area contributed by atoms with Gasteiger partial charge in [0.15, 0.2) is 0 Å². The van der Waals surface area contributed by atoms with E-state index in [-0.39, 0.29) is 12.3 Å². The highest BCUT2D eigenvalue weighted by Gasteiger charge is 2.12. The van der Waals surface area contributed by atoms with Crippen molar-refractivity contribution in [2.75, 3.05) is 0 Å². The van der Waals surface area contributed by atoms with Crippen LogP contribution in [0.1, 0.15) is 12.8 Å². The number of Topliss-reactive ketones (excluding diaryl/α,β-unsaturated/α-hetero) is 1. The number of carboxylic acids is 2. The van der Waals surface area contributed by atoms with E-state index in [0.717, 1.165) is 0 Å². The lowest BCUT2D eigenvalue weighted by Gasteiger charge is -1.88. The molecule has 0 unspecified atom stereocenters. The van der Waals surface area contributed by atoms with E-state index in [4.69, 9.17) is 10.2 Å². The summed E-state index contributed by atoms with van der Waals surface area (Å²) in [5, 5.41) is 16.0. The van der Waals surface area contributed by atoms with E-state index in [1.165, 1.54) is 0 Å². The van der Waals surface area contributed by atoms with Gasteiger partial charge in [0.2, 0.25) is 5.78 Å². The van der Waals surface area contributed by atoms with Crippen molar-refractivity contribution in [3.05, 3.63) is 0 Å². The number of hydrogen-bond acceptors (Lipinski definition) is 5. The highest BCUT2D eigenvalue weighted by atomic mass is 16.4. The molecule has 72 valence electrons. The average molecular weight is 180 g/mol. The summed E-state index contributed by atoms with van der Waals surface area (Å²) >= 11 is 0. The van der Waals surface area contributed by atoms with Crippen molar-refractivity contribution in [2.45, 2.75) is 12.8 Å². The lowest BCUT2D eigenvalue weighted by atomic mass is 10.2. The molecule has 0 aromatic heterocycles. The number of carboxylic acid groups (broad SMARTS) is 2. The Hall–Kier alpha value is -1.47. The zero-order valence-corrected chi connectivity index (χ0v) is 6.45. The van der Waals surface area contributed by atoms with Gasteiger partial charge in [0.1, 0.15) is 0 Å². The summed E-state index contributed by atoms with van der Waals surface area (Å²) in [4.78, 5) is 29.7. The summed E-state index contributed by atoms with van der Waals surface area (Å²) in [6.07, 6.45) is -0.865. The fourth-order valence-electron chi connectivity index (χ4n) is 0.327. The molecule has 0 heterocycles. The Bertz CT molecular complexity index is 179. The number of hydrogen-bond donors (Lipinski definition) is 4. The number of carbonyl (C=O) groups excluding carboxylic acids is 1. The lowest BCUT2D eigenvalue weighted by Crippen LogP contribution is -2.13. The summed E-state index contributed by atoms with van der Waals surface area (Å²) in [5.41, 5.74) is 0. The van der Waals surface area contributed by atoms with Crippen LogP contribution in [0, 0.1) is 0 Å². The predicted molar refractivity (Wildman–Crippen MR) is 39.6 cm³/mol. The van der Waals surface area contributed by atoms with Crippen LogP contribution in [-0.2, 0) is 14.4 Å². The lowest BCUT2D eigenvalue weighted by molar-refractivity contribution is -0.149. The summed E-state index contributed by atoms with van der Waals surface area (Å²) < 4.78 is 0. The van der Waals surface area contributed by atoms with Crippen LogP contribution < -0.4 is 12.3 Å². The Morgan fingerprint density at radius 1 is 0.917 bits per heavy atom. The van der Waals surface area contributed by atoms with Crippen LogP contribution in [0.3, 0.4) is 0 Å². The Labute approximate surface area is 68.5 Å². The largest absolute Gasteiger partial charge is 0.481 e. The molecule has 7 heteroatoms. The molecule has 0 atom stereocenters. The molecule has 0 fully saturated rings. The Morgan fingerprint density at radius 3 is 1.58 bits per heavy atom. The Balaban J connectivity index is -0.000000405. The van der Waals surface area contributed by atoms with Gasteiger partial charge in [-0.15, -0.1) is 0 Å². The molecule has 0 saturated carbocycles. The number of carbonyl (C=O) groups is 3. The molecule has 0 bridgehead atoms. The van der Waals surface area contributed by atoms with Gasteiger partial charge in [-0.05, 0) is 0 Å². The van der Waals surface area contributed by atoms with Crippen LogP contribution in [-0.4, -0.2) is 27.9 Å². The summed E-state index contributed by atoms with van der Waals surface area (Å²) in [7, 11) is 0. The van der Waals surface area contributed by atoms with Crippen LogP contribution in [0.4, 0.5) is 0 Å². The number of aliphatic carboxylic acids is 2. The zero-order chi connectivity index (χ0) is 8.15. The maximum Gasteiger partial charge on any atom is 0.372 e. The minimum absolute atomic E-state index is 0. The fraction of sp³-hybridized carbons (Fsp3) is 0.400. The molecule has 0 saturated heterocycles. The summed E-state index contributed by atoms with van der Waals surface area (Å²) in [6, 6.07) is 0. The van der Waals surface area contributed by atoms with E-state index in [2.05, 4.69) is 0 Å². The Kier molecular flexibility index (Phi) is 10.7. The highest BCUT2D eigenvalue weighted by Crippen LogP contribution is 1.89. The molecule has 7 nitrogen and oxygen atoms in total. The fourth-order valence-corrected chi connectivity index (χ4v) is 0.327. The van der Waals surface area contributed by atoms with E-state index >= 15 is 0 Å². The minimum Gasteiger partial charge on any atom is -0.481 e. The molecule has 0 aliphatic rings. The molecule has 0 spiro atoms. The quantitative estimate of drug-likeness (QED) is 0.436. The van der Waals surface area contributed by atoms with Gasteiger partial charge in [-0.3, -0.25) is 9.59 Å². The van der Waals surface area contributed by atoms with Crippen LogP contribution in [0.25, 0.3) is 0 Å². The molecular formula is C5H12N2O5. The number of ketones is 1. The molecule has 0 rings (SSSR count). The van der Waals surface area contributed by atoms with Crippen molar-refractivity contribution in [3.8, 4) is 0 Å². The molecule has 0 aromatic carbocycles. The van der Waals surface area contributed by atoms with Gasteiger partial charge in [0.25, 0.3) is 0 Å². The van der Waals surface area contributed by atoms with Crippen molar-refractivity contribution >= 4 is 17.7 Å². The van der Waals surface area contributed by atoms with Gasteiger partial charge in [-0.25, -0.2) is 4.79 Å². The zero-order valence-electron chi connectivity index (χ0n) is 6.45. The minimum atomic E-state index is -1.58. The molecule has 0 aliphatic heterocycles. The van der Waals surface area contributed by atoms with Crippen molar-refractivity contribution < 1.29 is 24.6 Å². The smallest absolute Gasteiger partial charge is 0.372 e. The third-order valence-electron chi connectivity index (χ3n) is 0.804. The topological polar surface area (TPSA) is 162 Å². The van der Waals surface area contributed by atoms with Crippen molar-refractivity contribution in [3.63, 3.8) is 0 Å². The number of rotatable bonds is 4. The van der Waals surface area contributed by atoms with E-state index < -0.39 is 30.6 Å². The first-order valence-corrected chi connectivity index (χ1v) is 2.52. The first-order valence-electron chi connectivity index (χ1n) is 2.52. The molecule has 12 heavy (non-hydrogen) atoms. The second-order valence-corrected chi connectivity index (χ2v) is 1.62. The van der Waals surface area contributed by atoms with Crippen molar-refractivity contribution in [1.82, 2.24) is 12.3 Å². The maximum absolute atomic E-state index is 10.2. The molecule has 0 amide bonds. The van der Waals surface area contributed by atoms with Gasteiger partial charge in [-0.2, -0.15) is 0 Å². The summed E-state index contributed by atoms with van der Waals surface area (Å²) in [5.74, 6) is -3.82. The van der Waals surface area contributed by atoms with Gasteiger partial charge < -0.3 is 22.5 Å². The maximum atomic E-state index is 10.2. The van der Waals surface area contributed by atoms with E-state index in [1.807, 2.05) is 0 Å². The van der Waals surface area contributed by atoms with Crippen LogP contribution >= 0.6 is 0 Å². The van der Waals surface area contributed by atoms with Gasteiger partial charge in [0, 0.05) is 6.42 Å². The first-order chi connectivity index (χ1) is 4.54. The van der Waals surface area contributed by atoms with Crippen molar-refractivity contribution in [1.29, 1.82) is 0 Å². The van der Waals surface area contributed by atoms with Gasteiger partial charge in [0.05, 0.1) is 6.42 Å². The monoisotopic (exact) mass is 180 g/mol. The van der Waals surface area contributed by atoms with Gasteiger partial charge >= 0.3 is 11.9 Å². The van der Waals surface area contributed by atoms with Crippen molar-refractivity contribution in [2.24, 2.45) is 0 Å². The van der Waals surface area contributed by atoms with Crippen LogP contribution in [0.15, 0.2) is 0 Å². The predicted octanol–water partition coefficient (Wildman–Crippen LogP) is -0.171. The van der Waals surface area contributed by atoms with E-state index in [1.54, 1.807) is 0 Å². The highest BCUT2D eigenvalue weighted by molar-refractivity contribution is 6.32. The molecule has 0 aromatic rings. The second-order valence-electron chi connectivity index (χ2n) is 1.62. The average Bonchev–Trinajstić information content (AvgIpc) is 1.82. The Morgan fingerprint density at radius 2 is 1.33 bits per heavy atom. The first kappa shape index (κ1) is 16.9. The normalized spacial score (nSPS) is 7.33.